The van der Waals surface area contributed by atoms with Crippen molar-refractivity contribution in [3.63, 3.8) is 0 Å². The number of hydrogen-bond donors (Lipinski definition) is 1. The summed E-state index contributed by atoms with van der Waals surface area (Å²) in [5.74, 6) is 0.351. The molecular formula is C28H27FN4O3. The number of halogens is 1. The maximum absolute atomic E-state index is 14.8. The standard InChI is InChI=1S/C28H27FN4O3/c1-35-25-13-10-19(16-26(25)36-2)27-22(18-33(31-27)21-8-4-3-5-9-21)28(34)30-20-11-12-24(23(29)17-20)32-14-6-7-15-32/h3-5,8-13,16-18H,6-7,14-15H2,1-2H3,(H,30,34). The number of para-hydroxylation sites is 1. The Morgan fingerprint density at radius 1 is 0.944 bits per heavy atom. The Bertz CT molecular complexity index is 1380. The average molecular weight is 487 g/mol. The summed E-state index contributed by atoms with van der Waals surface area (Å²) in [4.78, 5) is 15.5. The van der Waals surface area contributed by atoms with E-state index >= 15 is 0 Å². The fourth-order valence-corrected chi connectivity index (χ4v) is 4.45. The van der Waals surface area contributed by atoms with Gasteiger partial charge in [0.15, 0.2) is 11.5 Å². The molecule has 1 saturated heterocycles. The summed E-state index contributed by atoms with van der Waals surface area (Å²) < 4.78 is 27.3. The molecule has 1 fully saturated rings. The zero-order valence-electron chi connectivity index (χ0n) is 20.2. The predicted molar refractivity (Wildman–Crippen MR) is 138 cm³/mol. The first-order valence-electron chi connectivity index (χ1n) is 11.8. The molecule has 8 heteroatoms. The maximum Gasteiger partial charge on any atom is 0.259 e. The lowest BCUT2D eigenvalue weighted by Gasteiger charge is -2.18. The smallest absolute Gasteiger partial charge is 0.259 e. The summed E-state index contributed by atoms with van der Waals surface area (Å²) >= 11 is 0. The van der Waals surface area contributed by atoms with Gasteiger partial charge < -0.3 is 19.7 Å². The third kappa shape index (κ3) is 4.62. The topological polar surface area (TPSA) is 68.6 Å². The van der Waals surface area contributed by atoms with Crippen molar-refractivity contribution in [1.29, 1.82) is 0 Å². The van der Waals surface area contributed by atoms with Crippen molar-refractivity contribution in [2.45, 2.75) is 12.8 Å². The number of anilines is 2. The lowest BCUT2D eigenvalue weighted by Crippen LogP contribution is -2.19. The molecule has 5 rings (SSSR count). The summed E-state index contributed by atoms with van der Waals surface area (Å²) in [6.45, 7) is 1.69. The van der Waals surface area contributed by atoms with E-state index < -0.39 is 5.91 Å². The summed E-state index contributed by atoms with van der Waals surface area (Å²) in [6, 6.07) is 19.7. The summed E-state index contributed by atoms with van der Waals surface area (Å²) in [5.41, 5.74) is 3.24. The molecule has 0 saturated carbocycles. The van der Waals surface area contributed by atoms with Gasteiger partial charge in [-0.2, -0.15) is 5.10 Å². The van der Waals surface area contributed by atoms with Crippen LogP contribution in [0.1, 0.15) is 23.2 Å². The molecule has 1 aliphatic heterocycles. The van der Waals surface area contributed by atoms with Crippen LogP contribution in [0.25, 0.3) is 16.9 Å². The zero-order valence-corrected chi connectivity index (χ0v) is 20.2. The van der Waals surface area contributed by atoms with Gasteiger partial charge >= 0.3 is 0 Å². The van der Waals surface area contributed by atoms with Crippen molar-refractivity contribution in [2.24, 2.45) is 0 Å². The number of nitrogens with zero attached hydrogens (tertiary/aromatic N) is 3. The highest BCUT2D eigenvalue weighted by atomic mass is 19.1. The number of carbonyl (C=O) groups is 1. The highest BCUT2D eigenvalue weighted by Gasteiger charge is 2.21. The van der Waals surface area contributed by atoms with Crippen LogP contribution in [0.2, 0.25) is 0 Å². The Labute approximate surface area is 209 Å². The van der Waals surface area contributed by atoms with Gasteiger partial charge in [-0.15, -0.1) is 0 Å². The lowest BCUT2D eigenvalue weighted by atomic mass is 10.1. The molecule has 0 aliphatic carbocycles. The number of amides is 1. The number of hydrogen-bond acceptors (Lipinski definition) is 5. The Morgan fingerprint density at radius 3 is 2.39 bits per heavy atom. The molecule has 0 radical (unpaired) electrons. The lowest BCUT2D eigenvalue weighted by molar-refractivity contribution is 0.102. The molecule has 0 bridgehead atoms. The third-order valence-electron chi connectivity index (χ3n) is 6.29. The second-order valence-corrected chi connectivity index (χ2v) is 8.56. The van der Waals surface area contributed by atoms with Crippen molar-refractivity contribution >= 4 is 17.3 Å². The molecule has 3 aromatic carbocycles. The third-order valence-corrected chi connectivity index (χ3v) is 6.29. The fourth-order valence-electron chi connectivity index (χ4n) is 4.45. The van der Waals surface area contributed by atoms with Crippen LogP contribution >= 0.6 is 0 Å². The average Bonchev–Trinajstić information content (AvgIpc) is 3.60. The molecule has 2 heterocycles. The van der Waals surface area contributed by atoms with Gasteiger partial charge in [-0.3, -0.25) is 4.79 Å². The molecule has 1 amide bonds. The second kappa shape index (κ2) is 10.1. The number of methoxy groups -OCH3 is 2. The van der Waals surface area contributed by atoms with Crippen LogP contribution in [-0.2, 0) is 0 Å². The van der Waals surface area contributed by atoms with E-state index in [9.17, 15) is 9.18 Å². The van der Waals surface area contributed by atoms with Gasteiger partial charge in [-0.05, 0) is 61.4 Å². The minimum absolute atomic E-state index is 0.343. The highest BCUT2D eigenvalue weighted by molar-refractivity contribution is 6.08. The first-order chi connectivity index (χ1) is 17.6. The van der Waals surface area contributed by atoms with Gasteiger partial charge in [-0.1, -0.05) is 18.2 Å². The number of nitrogens with one attached hydrogen (secondary N) is 1. The molecule has 4 aromatic rings. The molecule has 1 aromatic heterocycles. The minimum atomic E-state index is -0.393. The molecular weight excluding hydrogens is 459 g/mol. The number of rotatable bonds is 7. The van der Waals surface area contributed by atoms with Gasteiger partial charge in [0, 0.05) is 30.5 Å². The highest BCUT2D eigenvalue weighted by Crippen LogP contribution is 2.34. The predicted octanol–water partition coefficient (Wildman–Crippen LogP) is 5.55. The van der Waals surface area contributed by atoms with Crippen LogP contribution in [0.5, 0.6) is 11.5 Å². The van der Waals surface area contributed by atoms with Crippen molar-refractivity contribution in [3.8, 4) is 28.4 Å². The van der Waals surface area contributed by atoms with Gasteiger partial charge in [0.25, 0.3) is 5.91 Å². The molecule has 1 aliphatic rings. The monoisotopic (exact) mass is 486 g/mol. The largest absolute Gasteiger partial charge is 0.493 e. The Morgan fingerprint density at radius 2 is 1.69 bits per heavy atom. The quantitative estimate of drug-likeness (QED) is 0.371. The molecule has 1 N–H and O–H groups in total. The van der Waals surface area contributed by atoms with E-state index in [1.54, 1.807) is 49.4 Å². The van der Waals surface area contributed by atoms with E-state index in [1.807, 2.05) is 41.3 Å². The summed E-state index contributed by atoms with van der Waals surface area (Å²) in [6.07, 6.45) is 3.79. The van der Waals surface area contributed by atoms with Crippen LogP contribution in [0.4, 0.5) is 15.8 Å². The van der Waals surface area contributed by atoms with Crippen molar-refractivity contribution in [3.05, 3.63) is 84.3 Å². The molecule has 0 unspecified atom stereocenters. The van der Waals surface area contributed by atoms with E-state index in [4.69, 9.17) is 14.6 Å². The van der Waals surface area contributed by atoms with Crippen LogP contribution in [0.3, 0.4) is 0 Å². The Hall–Kier alpha value is -4.33. The van der Waals surface area contributed by atoms with E-state index in [1.165, 1.54) is 6.07 Å². The first kappa shape index (κ1) is 23.4. The molecule has 36 heavy (non-hydrogen) atoms. The van der Waals surface area contributed by atoms with E-state index in [0.29, 0.717) is 39.7 Å². The molecule has 184 valence electrons. The fraction of sp³-hybridized carbons (Fsp3) is 0.214. The number of aromatic nitrogens is 2. The van der Waals surface area contributed by atoms with E-state index in [2.05, 4.69) is 5.32 Å². The molecule has 7 nitrogen and oxygen atoms in total. The van der Waals surface area contributed by atoms with Crippen LogP contribution < -0.4 is 19.7 Å². The second-order valence-electron chi connectivity index (χ2n) is 8.56. The van der Waals surface area contributed by atoms with Crippen molar-refractivity contribution in [2.75, 3.05) is 37.5 Å². The summed E-state index contributed by atoms with van der Waals surface area (Å²) in [5, 5.41) is 7.54. The number of ether oxygens (including phenoxy) is 2. The normalized spacial score (nSPS) is 13.0. The minimum Gasteiger partial charge on any atom is -0.493 e. The van der Waals surface area contributed by atoms with Crippen LogP contribution in [-0.4, -0.2) is 43.0 Å². The Kier molecular flexibility index (Phi) is 6.58. The van der Waals surface area contributed by atoms with Gasteiger partial charge in [0.2, 0.25) is 0 Å². The molecule has 0 atom stereocenters. The maximum atomic E-state index is 14.8. The van der Waals surface area contributed by atoms with Crippen LogP contribution in [0, 0.1) is 5.82 Å². The first-order valence-corrected chi connectivity index (χ1v) is 11.8. The van der Waals surface area contributed by atoms with E-state index in [0.717, 1.165) is 31.6 Å². The Balaban J connectivity index is 1.50. The van der Waals surface area contributed by atoms with Gasteiger partial charge in [-0.25, -0.2) is 9.07 Å². The van der Waals surface area contributed by atoms with Gasteiger partial charge in [0.05, 0.1) is 31.2 Å². The molecule has 0 spiro atoms. The van der Waals surface area contributed by atoms with Crippen molar-refractivity contribution < 1.29 is 18.7 Å². The SMILES string of the molecule is COc1ccc(-c2nn(-c3ccccc3)cc2C(=O)Nc2ccc(N3CCCC3)c(F)c2)cc1OC. The number of carbonyl (C=O) groups excluding carboxylic acids is 1. The number of benzene rings is 3. The summed E-state index contributed by atoms with van der Waals surface area (Å²) in [7, 11) is 3.12. The van der Waals surface area contributed by atoms with E-state index in [-0.39, 0.29) is 5.82 Å². The van der Waals surface area contributed by atoms with Crippen LogP contribution in [0.15, 0.2) is 72.9 Å². The van der Waals surface area contributed by atoms with Gasteiger partial charge in [0.1, 0.15) is 11.5 Å². The zero-order chi connectivity index (χ0) is 25.1. The van der Waals surface area contributed by atoms with Crippen molar-refractivity contribution in [1.82, 2.24) is 9.78 Å².